The van der Waals surface area contributed by atoms with Gasteiger partial charge in [-0.1, -0.05) is 25.1 Å². The van der Waals surface area contributed by atoms with Crippen molar-refractivity contribution in [1.82, 2.24) is 0 Å². The van der Waals surface area contributed by atoms with Crippen LogP contribution in [0, 0.1) is 13.8 Å². The molecule has 1 aromatic rings. The van der Waals surface area contributed by atoms with Gasteiger partial charge < -0.3 is 9.84 Å². The largest absolute Gasteiger partial charge is 0.386 e. The molecule has 0 amide bonds. The Kier molecular flexibility index (Phi) is 4.72. The van der Waals surface area contributed by atoms with Crippen molar-refractivity contribution in [3.63, 3.8) is 0 Å². The van der Waals surface area contributed by atoms with Gasteiger partial charge in [-0.3, -0.25) is 0 Å². The van der Waals surface area contributed by atoms with Crippen LogP contribution in [-0.2, 0) is 4.74 Å². The predicted molar refractivity (Wildman–Crippen MR) is 71.2 cm³/mol. The zero-order valence-electron chi connectivity index (χ0n) is 11.6. The zero-order chi connectivity index (χ0) is 13.1. The number of ether oxygens (including phenoxy) is 1. The molecular formula is C15H24O2. The molecule has 1 atom stereocenters. The fourth-order valence-corrected chi connectivity index (χ4v) is 1.47. The minimum atomic E-state index is -0.542. The Bertz CT molecular complexity index is 369. The van der Waals surface area contributed by atoms with E-state index in [1.165, 1.54) is 11.1 Å². The summed E-state index contributed by atoms with van der Waals surface area (Å²) in [7, 11) is 0. The Morgan fingerprint density at radius 1 is 1.24 bits per heavy atom. The molecule has 0 aromatic heterocycles. The van der Waals surface area contributed by atoms with Crippen molar-refractivity contribution in [2.24, 2.45) is 0 Å². The van der Waals surface area contributed by atoms with Gasteiger partial charge in [0, 0.05) is 0 Å². The summed E-state index contributed by atoms with van der Waals surface area (Å²) in [6.45, 7) is 10.6. The maximum atomic E-state index is 10.1. The van der Waals surface area contributed by atoms with E-state index >= 15 is 0 Å². The maximum absolute atomic E-state index is 10.1. The standard InChI is InChI=1S/C15H24O2/c1-6-15(4,5)17-10-14(16)13-8-7-11(2)12(3)9-13/h7-9,14,16H,6,10H2,1-5H3. The Labute approximate surface area is 105 Å². The lowest BCUT2D eigenvalue weighted by Gasteiger charge is -2.25. The van der Waals surface area contributed by atoms with E-state index in [1.807, 2.05) is 32.0 Å². The molecule has 1 aromatic carbocycles. The first-order valence-electron chi connectivity index (χ1n) is 6.25. The van der Waals surface area contributed by atoms with Crippen molar-refractivity contribution in [2.45, 2.75) is 52.7 Å². The second kappa shape index (κ2) is 5.65. The van der Waals surface area contributed by atoms with Crippen molar-refractivity contribution < 1.29 is 9.84 Å². The third-order valence-electron chi connectivity index (χ3n) is 3.40. The average Bonchev–Trinajstić information content (AvgIpc) is 2.30. The molecule has 0 aliphatic heterocycles. The zero-order valence-corrected chi connectivity index (χ0v) is 11.6. The van der Waals surface area contributed by atoms with E-state index in [9.17, 15) is 5.11 Å². The van der Waals surface area contributed by atoms with Crippen molar-refractivity contribution in [3.05, 3.63) is 34.9 Å². The van der Waals surface area contributed by atoms with Gasteiger partial charge >= 0.3 is 0 Å². The van der Waals surface area contributed by atoms with Crippen molar-refractivity contribution in [2.75, 3.05) is 6.61 Å². The molecule has 17 heavy (non-hydrogen) atoms. The summed E-state index contributed by atoms with van der Waals surface area (Å²) in [6.07, 6.45) is 0.396. The Hall–Kier alpha value is -0.860. The monoisotopic (exact) mass is 236 g/mol. The number of hydrogen-bond donors (Lipinski definition) is 1. The number of hydrogen-bond acceptors (Lipinski definition) is 2. The molecule has 96 valence electrons. The van der Waals surface area contributed by atoms with E-state index in [0.717, 1.165) is 12.0 Å². The van der Waals surface area contributed by atoms with Crippen molar-refractivity contribution >= 4 is 0 Å². The molecule has 0 saturated carbocycles. The van der Waals surface area contributed by atoms with Crippen LogP contribution in [0.3, 0.4) is 0 Å². The van der Waals surface area contributed by atoms with E-state index in [-0.39, 0.29) is 5.60 Å². The molecule has 0 radical (unpaired) electrons. The molecule has 2 nitrogen and oxygen atoms in total. The van der Waals surface area contributed by atoms with Gasteiger partial charge in [0.05, 0.1) is 12.2 Å². The first-order valence-corrected chi connectivity index (χ1v) is 6.25. The van der Waals surface area contributed by atoms with Crippen molar-refractivity contribution in [1.29, 1.82) is 0 Å². The van der Waals surface area contributed by atoms with Crippen LogP contribution in [0.15, 0.2) is 18.2 Å². The molecule has 2 heteroatoms. The molecule has 0 aliphatic rings. The van der Waals surface area contributed by atoms with E-state index in [4.69, 9.17) is 4.74 Å². The lowest BCUT2D eigenvalue weighted by atomic mass is 10.0. The summed E-state index contributed by atoms with van der Waals surface area (Å²) < 4.78 is 5.71. The highest BCUT2D eigenvalue weighted by atomic mass is 16.5. The minimum absolute atomic E-state index is 0.166. The van der Waals surface area contributed by atoms with Gasteiger partial charge in [-0.25, -0.2) is 0 Å². The smallest absolute Gasteiger partial charge is 0.102 e. The number of aliphatic hydroxyl groups excluding tert-OH is 1. The summed E-state index contributed by atoms with van der Waals surface area (Å²) in [6, 6.07) is 6.04. The van der Waals surface area contributed by atoms with Gasteiger partial charge in [0.15, 0.2) is 0 Å². The summed E-state index contributed by atoms with van der Waals surface area (Å²) in [4.78, 5) is 0. The molecule has 0 fully saturated rings. The van der Waals surface area contributed by atoms with E-state index < -0.39 is 6.10 Å². The second-order valence-corrected chi connectivity index (χ2v) is 5.28. The summed E-state index contributed by atoms with van der Waals surface area (Å²) >= 11 is 0. The molecule has 0 heterocycles. The van der Waals surface area contributed by atoms with Crippen LogP contribution in [0.5, 0.6) is 0 Å². The molecule has 1 rings (SSSR count). The highest BCUT2D eigenvalue weighted by Gasteiger charge is 2.18. The van der Waals surface area contributed by atoms with Gasteiger partial charge in [-0.05, 0) is 50.8 Å². The number of aliphatic hydroxyl groups is 1. The molecule has 0 bridgehead atoms. The third kappa shape index (κ3) is 4.14. The molecular weight excluding hydrogens is 212 g/mol. The summed E-state index contributed by atoms with van der Waals surface area (Å²) in [5.41, 5.74) is 3.22. The van der Waals surface area contributed by atoms with Crippen LogP contribution < -0.4 is 0 Å². The van der Waals surface area contributed by atoms with Crippen LogP contribution in [0.2, 0.25) is 0 Å². The molecule has 0 spiro atoms. The fourth-order valence-electron chi connectivity index (χ4n) is 1.47. The lowest BCUT2D eigenvalue weighted by molar-refractivity contribution is -0.0618. The van der Waals surface area contributed by atoms with Crippen LogP contribution in [0.25, 0.3) is 0 Å². The maximum Gasteiger partial charge on any atom is 0.102 e. The van der Waals surface area contributed by atoms with Gasteiger partial charge in [0.1, 0.15) is 6.10 Å². The molecule has 1 N–H and O–H groups in total. The highest BCUT2D eigenvalue weighted by Crippen LogP contribution is 2.21. The van der Waals surface area contributed by atoms with Crippen LogP contribution >= 0.6 is 0 Å². The average molecular weight is 236 g/mol. The van der Waals surface area contributed by atoms with Gasteiger partial charge in [0.2, 0.25) is 0 Å². The lowest BCUT2D eigenvalue weighted by Crippen LogP contribution is -2.25. The summed E-state index contributed by atoms with van der Waals surface area (Å²) in [5, 5.41) is 10.1. The Morgan fingerprint density at radius 3 is 2.41 bits per heavy atom. The van der Waals surface area contributed by atoms with E-state index in [2.05, 4.69) is 20.8 Å². The quantitative estimate of drug-likeness (QED) is 0.847. The molecule has 0 saturated heterocycles. The van der Waals surface area contributed by atoms with E-state index in [0.29, 0.717) is 6.61 Å². The Balaban J connectivity index is 2.64. The minimum Gasteiger partial charge on any atom is -0.386 e. The Morgan fingerprint density at radius 2 is 1.88 bits per heavy atom. The van der Waals surface area contributed by atoms with Gasteiger partial charge in [-0.15, -0.1) is 0 Å². The third-order valence-corrected chi connectivity index (χ3v) is 3.40. The van der Waals surface area contributed by atoms with Gasteiger partial charge in [-0.2, -0.15) is 0 Å². The SMILES string of the molecule is CCC(C)(C)OCC(O)c1ccc(C)c(C)c1. The first-order chi connectivity index (χ1) is 7.85. The van der Waals surface area contributed by atoms with Crippen molar-refractivity contribution in [3.8, 4) is 0 Å². The normalized spacial score (nSPS) is 13.8. The first kappa shape index (κ1) is 14.2. The van der Waals surface area contributed by atoms with Gasteiger partial charge in [0.25, 0.3) is 0 Å². The van der Waals surface area contributed by atoms with Crippen LogP contribution in [-0.4, -0.2) is 17.3 Å². The topological polar surface area (TPSA) is 29.5 Å². The van der Waals surface area contributed by atoms with Crippen LogP contribution in [0.4, 0.5) is 0 Å². The fraction of sp³-hybridized carbons (Fsp3) is 0.600. The van der Waals surface area contributed by atoms with E-state index in [1.54, 1.807) is 0 Å². The molecule has 1 unspecified atom stereocenters. The summed E-state index contributed by atoms with van der Waals surface area (Å²) in [5.74, 6) is 0. The highest BCUT2D eigenvalue weighted by molar-refractivity contribution is 5.31. The number of benzene rings is 1. The second-order valence-electron chi connectivity index (χ2n) is 5.28. The van der Waals surface area contributed by atoms with Crippen LogP contribution in [0.1, 0.15) is 50.0 Å². The number of rotatable bonds is 5. The number of aryl methyl sites for hydroxylation is 2. The molecule has 0 aliphatic carbocycles. The predicted octanol–water partition coefficient (Wildman–Crippen LogP) is 3.54.